The van der Waals surface area contributed by atoms with Crippen molar-refractivity contribution in [3.05, 3.63) is 66.5 Å². The Hall–Kier alpha value is -2.11. The van der Waals surface area contributed by atoms with Crippen molar-refractivity contribution in [1.82, 2.24) is 15.0 Å². The molecule has 0 atom stereocenters. The van der Waals surface area contributed by atoms with E-state index in [4.69, 9.17) is 17.3 Å². The van der Waals surface area contributed by atoms with Crippen LogP contribution in [0.2, 0.25) is 5.28 Å². The lowest BCUT2D eigenvalue weighted by atomic mass is 10.0. The standard InChI is InChI=1S/C15H13ClN4.CH4S/c1-3-6-10(4-2)11-7-5-8-12(9-11)13-18-14(16)20-15(17)19-13;1-2/h3-9H,1-2H2,(H2,17,18,19,20);2H,1H3/b10-6+;. The third kappa shape index (κ3) is 4.72. The lowest BCUT2D eigenvalue weighted by Crippen LogP contribution is -2.00. The lowest BCUT2D eigenvalue weighted by molar-refractivity contribution is 1.07. The minimum atomic E-state index is 0.0727. The number of nitrogens with zero attached hydrogens (tertiary/aromatic N) is 3. The van der Waals surface area contributed by atoms with E-state index in [0.717, 1.165) is 16.7 Å². The maximum atomic E-state index is 5.80. The fourth-order valence-corrected chi connectivity index (χ4v) is 1.91. The summed E-state index contributed by atoms with van der Waals surface area (Å²) in [5.74, 6) is 0.530. The normalized spacial score (nSPS) is 10.4. The van der Waals surface area contributed by atoms with Crippen molar-refractivity contribution in [2.75, 3.05) is 12.0 Å². The molecule has 0 bridgehead atoms. The summed E-state index contributed by atoms with van der Waals surface area (Å²) >= 11 is 9.32. The second kappa shape index (κ2) is 9.02. The minimum Gasteiger partial charge on any atom is -0.368 e. The molecule has 0 aliphatic rings. The first-order chi connectivity index (χ1) is 10.6. The van der Waals surface area contributed by atoms with E-state index in [2.05, 4.69) is 40.7 Å². The Morgan fingerprint density at radius 3 is 2.55 bits per heavy atom. The molecule has 0 saturated heterocycles. The fourth-order valence-electron chi connectivity index (χ4n) is 1.74. The summed E-state index contributed by atoms with van der Waals surface area (Å²) < 4.78 is 0. The minimum absolute atomic E-state index is 0.0727. The zero-order valence-corrected chi connectivity index (χ0v) is 13.9. The van der Waals surface area contributed by atoms with Gasteiger partial charge in [-0.1, -0.05) is 49.6 Å². The zero-order valence-electron chi connectivity index (χ0n) is 12.2. The second-order valence-corrected chi connectivity index (χ2v) is 4.27. The maximum absolute atomic E-state index is 5.80. The average Bonchev–Trinajstić information content (AvgIpc) is 2.54. The molecule has 0 fully saturated rings. The van der Waals surface area contributed by atoms with Crippen molar-refractivity contribution in [2.45, 2.75) is 0 Å². The van der Waals surface area contributed by atoms with Gasteiger partial charge in [0.25, 0.3) is 0 Å². The molecule has 0 unspecified atom stereocenters. The number of nitrogen functional groups attached to an aromatic ring is 1. The van der Waals surface area contributed by atoms with E-state index in [1.54, 1.807) is 18.4 Å². The number of thiol groups is 1. The number of aromatic nitrogens is 3. The van der Waals surface area contributed by atoms with Crippen LogP contribution in [0.25, 0.3) is 17.0 Å². The number of nitrogens with two attached hydrogens (primary N) is 1. The predicted molar refractivity (Wildman–Crippen MR) is 98.0 cm³/mol. The molecule has 0 radical (unpaired) electrons. The highest BCUT2D eigenvalue weighted by Gasteiger charge is 2.07. The van der Waals surface area contributed by atoms with Crippen LogP contribution in [0.3, 0.4) is 0 Å². The van der Waals surface area contributed by atoms with Crippen LogP contribution in [0.15, 0.2) is 55.7 Å². The molecular formula is C16H17ClN4S. The third-order valence-electron chi connectivity index (χ3n) is 2.60. The van der Waals surface area contributed by atoms with Crippen molar-refractivity contribution >= 4 is 35.8 Å². The predicted octanol–water partition coefficient (Wildman–Crippen LogP) is 4.08. The van der Waals surface area contributed by atoms with Gasteiger partial charge < -0.3 is 5.73 Å². The van der Waals surface area contributed by atoms with E-state index in [9.17, 15) is 0 Å². The average molecular weight is 333 g/mol. The topological polar surface area (TPSA) is 64.7 Å². The van der Waals surface area contributed by atoms with Crippen molar-refractivity contribution in [2.24, 2.45) is 0 Å². The van der Waals surface area contributed by atoms with Gasteiger partial charge in [-0.25, -0.2) is 0 Å². The summed E-state index contributed by atoms with van der Waals surface area (Å²) in [5, 5.41) is 0.0727. The molecule has 2 aromatic rings. The third-order valence-corrected chi connectivity index (χ3v) is 2.77. The van der Waals surface area contributed by atoms with E-state index < -0.39 is 0 Å². The Morgan fingerprint density at radius 1 is 1.23 bits per heavy atom. The van der Waals surface area contributed by atoms with Crippen molar-refractivity contribution in [1.29, 1.82) is 0 Å². The molecule has 1 aromatic heterocycles. The Bertz CT molecular complexity index is 678. The summed E-state index contributed by atoms with van der Waals surface area (Å²) in [7, 11) is 0. The highest BCUT2D eigenvalue weighted by molar-refractivity contribution is 7.79. The highest BCUT2D eigenvalue weighted by atomic mass is 35.5. The van der Waals surface area contributed by atoms with Gasteiger partial charge in [-0.3, -0.25) is 0 Å². The monoisotopic (exact) mass is 332 g/mol. The number of allylic oxidation sites excluding steroid dienone is 4. The molecular weight excluding hydrogens is 316 g/mol. The highest BCUT2D eigenvalue weighted by Crippen LogP contribution is 2.23. The van der Waals surface area contributed by atoms with Gasteiger partial charge in [0, 0.05) is 5.56 Å². The largest absolute Gasteiger partial charge is 0.368 e. The second-order valence-electron chi connectivity index (χ2n) is 3.93. The first kappa shape index (κ1) is 17.9. The van der Waals surface area contributed by atoms with Gasteiger partial charge in [0.15, 0.2) is 5.82 Å². The number of benzene rings is 1. The summed E-state index contributed by atoms with van der Waals surface area (Å²) in [4.78, 5) is 11.9. The van der Waals surface area contributed by atoms with Gasteiger partial charge in [-0.2, -0.15) is 27.6 Å². The first-order valence-electron chi connectivity index (χ1n) is 6.32. The maximum Gasteiger partial charge on any atom is 0.227 e. The van der Waals surface area contributed by atoms with Crippen molar-refractivity contribution in [3.8, 4) is 11.4 Å². The fraction of sp³-hybridized carbons (Fsp3) is 0.0625. The van der Waals surface area contributed by atoms with Crippen LogP contribution in [0.4, 0.5) is 5.95 Å². The molecule has 0 amide bonds. The number of rotatable bonds is 4. The molecule has 114 valence electrons. The van der Waals surface area contributed by atoms with Gasteiger partial charge in [0.2, 0.25) is 11.2 Å². The van der Waals surface area contributed by atoms with E-state index >= 15 is 0 Å². The zero-order chi connectivity index (χ0) is 16.5. The number of hydrogen-bond donors (Lipinski definition) is 2. The van der Waals surface area contributed by atoms with Crippen LogP contribution < -0.4 is 5.73 Å². The van der Waals surface area contributed by atoms with Gasteiger partial charge >= 0.3 is 0 Å². The van der Waals surface area contributed by atoms with Crippen LogP contribution in [0.1, 0.15) is 5.56 Å². The molecule has 0 aliphatic carbocycles. The summed E-state index contributed by atoms with van der Waals surface area (Å²) in [6.45, 7) is 7.47. The summed E-state index contributed by atoms with van der Waals surface area (Å²) in [6.07, 6.45) is 7.04. The number of anilines is 1. The van der Waals surface area contributed by atoms with Crippen LogP contribution in [0.5, 0.6) is 0 Å². The molecule has 6 heteroatoms. The van der Waals surface area contributed by atoms with E-state index in [-0.39, 0.29) is 11.2 Å². The quantitative estimate of drug-likeness (QED) is 0.654. The van der Waals surface area contributed by atoms with E-state index in [0.29, 0.717) is 5.82 Å². The Labute approximate surface area is 140 Å². The Morgan fingerprint density at radius 2 is 1.95 bits per heavy atom. The molecule has 0 spiro atoms. The molecule has 1 aromatic carbocycles. The summed E-state index contributed by atoms with van der Waals surface area (Å²) in [5.41, 5.74) is 8.32. The van der Waals surface area contributed by atoms with Crippen molar-refractivity contribution < 1.29 is 0 Å². The van der Waals surface area contributed by atoms with Gasteiger partial charge in [0.05, 0.1) is 0 Å². The Kier molecular flexibility index (Phi) is 7.36. The van der Waals surface area contributed by atoms with Crippen LogP contribution in [-0.4, -0.2) is 21.2 Å². The molecule has 4 nitrogen and oxygen atoms in total. The SMILES string of the molecule is C=C/C=C(\C=C)c1cccc(-c2nc(N)nc(Cl)n2)c1.CS. The lowest BCUT2D eigenvalue weighted by Gasteiger charge is -2.06. The Balaban J connectivity index is 0.00000116. The molecule has 2 N–H and O–H groups in total. The first-order valence-corrected chi connectivity index (χ1v) is 7.59. The van der Waals surface area contributed by atoms with E-state index in [1.165, 1.54) is 0 Å². The molecule has 0 saturated carbocycles. The van der Waals surface area contributed by atoms with Crippen LogP contribution in [0, 0.1) is 0 Å². The molecule has 22 heavy (non-hydrogen) atoms. The van der Waals surface area contributed by atoms with Crippen LogP contribution in [-0.2, 0) is 0 Å². The molecule has 2 rings (SSSR count). The van der Waals surface area contributed by atoms with Gasteiger partial charge in [0.1, 0.15) is 0 Å². The smallest absolute Gasteiger partial charge is 0.227 e. The number of hydrogen-bond acceptors (Lipinski definition) is 5. The molecule has 0 aliphatic heterocycles. The van der Waals surface area contributed by atoms with Gasteiger partial charge in [-0.15, -0.1) is 0 Å². The summed E-state index contributed by atoms with van der Waals surface area (Å²) in [6, 6.07) is 7.68. The number of halogens is 1. The van der Waals surface area contributed by atoms with Crippen LogP contribution >= 0.6 is 24.2 Å². The van der Waals surface area contributed by atoms with Crippen molar-refractivity contribution in [3.63, 3.8) is 0 Å². The van der Waals surface area contributed by atoms with E-state index in [1.807, 2.05) is 30.3 Å². The molecule has 1 heterocycles. The van der Waals surface area contributed by atoms with Gasteiger partial charge in [-0.05, 0) is 35.1 Å².